The lowest BCUT2D eigenvalue weighted by atomic mass is 10.2. The highest BCUT2D eigenvalue weighted by Gasteiger charge is 2.42. The topological polar surface area (TPSA) is 110 Å². The highest BCUT2D eigenvalue weighted by atomic mass is 32.2. The number of thioether (sulfide) groups is 1. The summed E-state index contributed by atoms with van der Waals surface area (Å²) in [6.07, 6.45) is 1.93. The van der Waals surface area contributed by atoms with Gasteiger partial charge in [-0.15, -0.1) is 11.8 Å². The number of nitrogens with one attached hydrogen (secondary N) is 1. The summed E-state index contributed by atoms with van der Waals surface area (Å²) in [5, 5.41) is 2.56. The van der Waals surface area contributed by atoms with Crippen LogP contribution >= 0.6 is 11.8 Å². The molecule has 0 bridgehead atoms. The predicted molar refractivity (Wildman–Crippen MR) is 102 cm³/mol. The molecule has 0 radical (unpaired) electrons. The Morgan fingerprint density at radius 2 is 1.79 bits per heavy atom. The third-order valence-electron chi connectivity index (χ3n) is 3.92. The lowest BCUT2D eigenvalue weighted by Gasteiger charge is -2.14. The average Bonchev–Trinajstić information content (AvgIpc) is 2.88. The highest BCUT2D eigenvalue weighted by Crippen LogP contribution is 2.29. The Labute approximate surface area is 165 Å². The fourth-order valence-electron chi connectivity index (χ4n) is 2.57. The molecular weight excluding hydrogens is 404 g/mol. The molecule has 28 heavy (non-hydrogen) atoms. The number of sulfonamides is 1. The molecule has 2 aromatic carbocycles. The van der Waals surface area contributed by atoms with Crippen molar-refractivity contribution in [1.29, 1.82) is 0 Å². The number of amides is 2. The summed E-state index contributed by atoms with van der Waals surface area (Å²) in [6.45, 7) is -1.40. The minimum absolute atomic E-state index is 0.00160. The van der Waals surface area contributed by atoms with E-state index in [0.717, 1.165) is 4.90 Å². The lowest BCUT2D eigenvalue weighted by Crippen LogP contribution is -2.36. The smallest absolute Gasteiger partial charge is 0.327 e. The first-order chi connectivity index (χ1) is 13.3. The molecule has 0 saturated carbocycles. The summed E-state index contributed by atoms with van der Waals surface area (Å²) >= 11 is 1.56. The molecule has 0 saturated heterocycles. The van der Waals surface area contributed by atoms with Crippen LogP contribution in [0.3, 0.4) is 0 Å². The minimum Gasteiger partial charge on any atom is -0.454 e. The summed E-state index contributed by atoms with van der Waals surface area (Å²) in [5.74, 6) is -2.38. The second-order valence-electron chi connectivity index (χ2n) is 5.75. The zero-order valence-electron chi connectivity index (χ0n) is 14.7. The van der Waals surface area contributed by atoms with Crippen molar-refractivity contribution in [2.75, 3.05) is 24.7 Å². The van der Waals surface area contributed by atoms with E-state index in [1.54, 1.807) is 23.9 Å². The van der Waals surface area contributed by atoms with E-state index >= 15 is 0 Å². The summed E-state index contributed by atoms with van der Waals surface area (Å²) in [7, 11) is -4.10. The van der Waals surface area contributed by atoms with Gasteiger partial charge in [0.25, 0.3) is 21.8 Å². The van der Waals surface area contributed by atoms with E-state index in [1.165, 1.54) is 24.3 Å². The number of anilines is 1. The molecule has 8 nitrogen and oxygen atoms in total. The molecule has 2 amide bonds. The Bertz CT molecular complexity index is 1030. The van der Waals surface area contributed by atoms with Gasteiger partial charge in [-0.05, 0) is 42.7 Å². The summed E-state index contributed by atoms with van der Waals surface area (Å²) < 4.78 is 30.0. The van der Waals surface area contributed by atoms with E-state index in [-0.39, 0.29) is 10.5 Å². The maximum atomic E-state index is 12.4. The summed E-state index contributed by atoms with van der Waals surface area (Å²) in [5.41, 5.74) is 0.535. The van der Waals surface area contributed by atoms with Crippen molar-refractivity contribution in [2.24, 2.45) is 0 Å². The van der Waals surface area contributed by atoms with Crippen LogP contribution in [0.15, 0.2) is 58.3 Å². The first-order valence-corrected chi connectivity index (χ1v) is 10.7. The Balaban J connectivity index is 1.56. The predicted octanol–water partition coefficient (Wildman–Crippen LogP) is 1.73. The molecule has 146 valence electrons. The van der Waals surface area contributed by atoms with Crippen LogP contribution in [0.2, 0.25) is 0 Å². The van der Waals surface area contributed by atoms with Gasteiger partial charge in [0, 0.05) is 10.6 Å². The van der Waals surface area contributed by atoms with E-state index < -0.39 is 41.0 Å². The molecule has 0 unspecified atom stereocenters. The first kappa shape index (κ1) is 19.9. The fourth-order valence-corrected chi connectivity index (χ4v) is 4.49. The van der Waals surface area contributed by atoms with Gasteiger partial charge in [0.05, 0.1) is 5.56 Å². The zero-order chi connectivity index (χ0) is 20.3. The Hall–Kier alpha value is -2.85. The van der Waals surface area contributed by atoms with Gasteiger partial charge in [-0.3, -0.25) is 14.4 Å². The standard InChI is InChI=1S/C18H16N2O6S2/c1-27-13-8-6-12(7-9-13)19-16(21)11-26-17(22)10-20-18(23)14-4-2-3-5-15(14)28(20,24)25/h2-9H,10-11H2,1H3,(H,19,21). The number of fused-ring (bicyclic) bond motifs is 1. The van der Waals surface area contributed by atoms with E-state index in [9.17, 15) is 22.8 Å². The van der Waals surface area contributed by atoms with Gasteiger partial charge >= 0.3 is 5.97 Å². The van der Waals surface area contributed by atoms with Crippen LogP contribution in [-0.2, 0) is 24.3 Å². The zero-order valence-corrected chi connectivity index (χ0v) is 16.4. The Morgan fingerprint density at radius 3 is 2.43 bits per heavy atom. The number of hydrogen-bond acceptors (Lipinski definition) is 7. The minimum atomic E-state index is -4.10. The van der Waals surface area contributed by atoms with Gasteiger partial charge < -0.3 is 10.1 Å². The molecule has 10 heteroatoms. The van der Waals surface area contributed by atoms with Crippen molar-refractivity contribution in [1.82, 2.24) is 4.31 Å². The van der Waals surface area contributed by atoms with E-state index in [0.29, 0.717) is 9.99 Å². The van der Waals surface area contributed by atoms with Gasteiger partial charge in [0.1, 0.15) is 11.4 Å². The molecule has 1 aliphatic rings. The monoisotopic (exact) mass is 420 g/mol. The Kier molecular flexibility index (Phi) is 5.71. The Morgan fingerprint density at radius 1 is 1.11 bits per heavy atom. The van der Waals surface area contributed by atoms with Gasteiger partial charge in [0.2, 0.25) is 0 Å². The van der Waals surface area contributed by atoms with E-state index in [2.05, 4.69) is 5.32 Å². The molecule has 1 heterocycles. The number of carbonyl (C=O) groups excluding carboxylic acids is 3. The van der Waals surface area contributed by atoms with E-state index in [4.69, 9.17) is 4.74 Å². The molecular formula is C18H16N2O6S2. The average molecular weight is 420 g/mol. The normalized spacial score (nSPS) is 14.5. The van der Waals surface area contributed by atoms with Crippen LogP contribution in [0.4, 0.5) is 5.69 Å². The molecule has 3 rings (SSSR count). The van der Waals surface area contributed by atoms with Crippen LogP contribution in [-0.4, -0.2) is 49.9 Å². The lowest BCUT2D eigenvalue weighted by molar-refractivity contribution is -0.147. The van der Waals surface area contributed by atoms with Crippen molar-refractivity contribution in [3.05, 3.63) is 54.1 Å². The van der Waals surface area contributed by atoms with Crippen molar-refractivity contribution >= 4 is 45.3 Å². The van der Waals surface area contributed by atoms with Gasteiger partial charge in [-0.2, -0.15) is 0 Å². The molecule has 0 fully saturated rings. The van der Waals surface area contributed by atoms with Crippen LogP contribution in [0, 0.1) is 0 Å². The maximum absolute atomic E-state index is 12.4. The number of esters is 1. The molecule has 1 N–H and O–H groups in total. The molecule has 2 aromatic rings. The van der Waals surface area contributed by atoms with Crippen LogP contribution < -0.4 is 5.32 Å². The SMILES string of the molecule is CSc1ccc(NC(=O)COC(=O)CN2C(=O)c3ccccc3S2(=O)=O)cc1. The van der Waals surface area contributed by atoms with Crippen LogP contribution in [0.25, 0.3) is 0 Å². The molecule has 0 aliphatic carbocycles. The molecule has 0 spiro atoms. The number of rotatable bonds is 6. The first-order valence-electron chi connectivity index (χ1n) is 8.08. The van der Waals surface area contributed by atoms with Gasteiger partial charge in [-0.25, -0.2) is 12.7 Å². The number of ether oxygens (including phenoxy) is 1. The van der Waals surface area contributed by atoms with Crippen LogP contribution in [0.5, 0.6) is 0 Å². The quantitative estimate of drug-likeness (QED) is 0.560. The maximum Gasteiger partial charge on any atom is 0.327 e. The van der Waals surface area contributed by atoms with Crippen molar-refractivity contribution in [3.8, 4) is 0 Å². The third-order valence-corrected chi connectivity index (χ3v) is 6.45. The van der Waals surface area contributed by atoms with E-state index in [1.807, 2.05) is 18.4 Å². The number of benzene rings is 2. The second kappa shape index (κ2) is 8.03. The second-order valence-corrected chi connectivity index (χ2v) is 8.46. The third kappa shape index (κ3) is 4.02. The highest BCUT2D eigenvalue weighted by molar-refractivity contribution is 7.98. The summed E-state index contributed by atoms with van der Waals surface area (Å²) in [6, 6.07) is 12.8. The van der Waals surface area contributed by atoms with Gasteiger partial charge in [0.15, 0.2) is 6.61 Å². The fraction of sp³-hybridized carbons (Fsp3) is 0.167. The van der Waals surface area contributed by atoms with Crippen molar-refractivity contribution in [3.63, 3.8) is 0 Å². The van der Waals surface area contributed by atoms with Gasteiger partial charge in [-0.1, -0.05) is 12.1 Å². The molecule has 0 aromatic heterocycles. The van der Waals surface area contributed by atoms with Crippen molar-refractivity contribution < 1.29 is 27.5 Å². The number of carbonyl (C=O) groups is 3. The number of hydrogen-bond donors (Lipinski definition) is 1. The van der Waals surface area contributed by atoms with Crippen molar-refractivity contribution in [2.45, 2.75) is 9.79 Å². The number of nitrogens with zero attached hydrogens (tertiary/aromatic N) is 1. The summed E-state index contributed by atoms with van der Waals surface area (Å²) in [4.78, 5) is 37.0. The largest absolute Gasteiger partial charge is 0.454 e. The molecule has 0 atom stereocenters. The van der Waals surface area contributed by atoms with Crippen LogP contribution in [0.1, 0.15) is 10.4 Å². The molecule has 1 aliphatic heterocycles.